The number of imidazole rings is 1. The van der Waals surface area contributed by atoms with E-state index >= 15 is 0 Å². The number of phenolic OH excluding ortho intramolecular Hbond substituents is 1. The molecule has 1 fully saturated rings. The van der Waals surface area contributed by atoms with Crippen LogP contribution in [0.1, 0.15) is 23.0 Å². The van der Waals surface area contributed by atoms with Crippen LogP contribution in [0.3, 0.4) is 0 Å². The highest BCUT2D eigenvalue weighted by atomic mass is 16.3. The van der Waals surface area contributed by atoms with Crippen LogP contribution in [0.25, 0.3) is 28.2 Å². The van der Waals surface area contributed by atoms with E-state index in [1.807, 2.05) is 54.9 Å². The van der Waals surface area contributed by atoms with Crippen molar-refractivity contribution in [1.29, 1.82) is 0 Å². The van der Waals surface area contributed by atoms with Gasteiger partial charge in [-0.05, 0) is 39.1 Å². The zero-order valence-electron chi connectivity index (χ0n) is 16.7. The molecule has 0 amide bonds. The zero-order chi connectivity index (χ0) is 20.1. The van der Waals surface area contributed by atoms with Gasteiger partial charge in [-0.3, -0.25) is 0 Å². The second-order valence-corrected chi connectivity index (χ2v) is 7.79. The van der Waals surface area contributed by atoms with Crippen molar-refractivity contribution in [2.45, 2.75) is 19.8 Å². The van der Waals surface area contributed by atoms with Gasteiger partial charge in [-0.2, -0.15) is 10.2 Å². The van der Waals surface area contributed by atoms with Gasteiger partial charge in [0.25, 0.3) is 0 Å². The van der Waals surface area contributed by atoms with E-state index in [4.69, 9.17) is 4.98 Å². The molecule has 1 aliphatic heterocycles. The minimum absolute atomic E-state index is 0.161. The van der Waals surface area contributed by atoms with Crippen molar-refractivity contribution in [2.75, 3.05) is 20.1 Å². The first-order valence-corrected chi connectivity index (χ1v) is 9.67. The average molecular weight is 386 g/mol. The second-order valence-electron chi connectivity index (χ2n) is 7.79. The van der Waals surface area contributed by atoms with E-state index in [9.17, 15) is 5.11 Å². The molecule has 29 heavy (non-hydrogen) atoms. The van der Waals surface area contributed by atoms with Crippen LogP contribution in [0.15, 0.2) is 42.7 Å². The standard InChI is InChI=1S/C22H22N6O/c1-13-9-28-12-19(24-14(2)22(28)23-13)16-5-4-6-20(29)21(16)18-8-7-17(25-26-18)15-10-27(3)11-15/h4-9,12,15,29H,10-11H2,1-3H3. The maximum Gasteiger partial charge on any atom is 0.158 e. The number of likely N-dealkylation sites (tertiary alicyclic amines) is 1. The van der Waals surface area contributed by atoms with Gasteiger partial charge in [0.05, 0.1) is 34.0 Å². The van der Waals surface area contributed by atoms with Crippen molar-refractivity contribution in [3.8, 4) is 28.3 Å². The van der Waals surface area contributed by atoms with Crippen LogP contribution in [0.4, 0.5) is 0 Å². The molecule has 7 nitrogen and oxygen atoms in total. The number of hydrogen-bond donors (Lipinski definition) is 1. The number of aromatic nitrogens is 5. The van der Waals surface area contributed by atoms with Crippen molar-refractivity contribution in [3.63, 3.8) is 0 Å². The van der Waals surface area contributed by atoms with Gasteiger partial charge in [-0.25, -0.2) is 9.97 Å². The molecule has 0 atom stereocenters. The van der Waals surface area contributed by atoms with Crippen LogP contribution in [0.2, 0.25) is 0 Å². The summed E-state index contributed by atoms with van der Waals surface area (Å²) in [6, 6.07) is 9.38. The summed E-state index contributed by atoms with van der Waals surface area (Å²) in [5, 5.41) is 19.5. The summed E-state index contributed by atoms with van der Waals surface area (Å²) < 4.78 is 1.97. The molecule has 3 aromatic heterocycles. The van der Waals surface area contributed by atoms with E-state index in [0.717, 1.165) is 47.1 Å². The molecule has 1 aliphatic rings. The Hall–Kier alpha value is -3.32. The Labute approximate surface area is 168 Å². The summed E-state index contributed by atoms with van der Waals surface area (Å²) in [6.45, 7) is 5.91. The molecule has 0 aliphatic carbocycles. The lowest BCUT2D eigenvalue weighted by Crippen LogP contribution is -2.42. The summed E-state index contributed by atoms with van der Waals surface area (Å²) >= 11 is 0. The third kappa shape index (κ3) is 3.03. The van der Waals surface area contributed by atoms with Crippen LogP contribution < -0.4 is 0 Å². The predicted molar refractivity (Wildman–Crippen MR) is 111 cm³/mol. The van der Waals surface area contributed by atoms with Gasteiger partial charge in [0.1, 0.15) is 5.75 Å². The summed E-state index contributed by atoms with van der Waals surface area (Å²) in [6.07, 6.45) is 3.91. The monoisotopic (exact) mass is 386 g/mol. The van der Waals surface area contributed by atoms with Crippen molar-refractivity contribution < 1.29 is 5.11 Å². The van der Waals surface area contributed by atoms with Crippen molar-refractivity contribution in [1.82, 2.24) is 29.5 Å². The Balaban J connectivity index is 1.60. The van der Waals surface area contributed by atoms with Gasteiger partial charge in [0.2, 0.25) is 0 Å². The van der Waals surface area contributed by atoms with E-state index < -0.39 is 0 Å². The quantitative estimate of drug-likeness (QED) is 0.582. The molecule has 7 heteroatoms. The van der Waals surface area contributed by atoms with E-state index in [2.05, 4.69) is 27.1 Å². The van der Waals surface area contributed by atoms with Gasteiger partial charge in [-0.1, -0.05) is 12.1 Å². The molecule has 5 rings (SSSR count). The van der Waals surface area contributed by atoms with Gasteiger partial charge in [0, 0.05) is 37.0 Å². The zero-order valence-corrected chi connectivity index (χ0v) is 16.7. The molecule has 1 saturated heterocycles. The van der Waals surface area contributed by atoms with Crippen molar-refractivity contribution in [2.24, 2.45) is 0 Å². The molecule has 0 bridgehead atoms. The minimum Gasteiger partial charge on any atom is -0.507 e. The van der Waals surface area contributed by atoms with Crippen LogP contribution in [-0.4, -0.2) is 54.7 Å². The molecular weight excluding hydrogens is 364 g/mol. The molecule has 0 spiro atoms. The van der Waals surface area contributed by atoms with E-state index in [1.165, 1.54) is 0 Å². The third-order valence-electron chi connectivity index (χ3n) is 5.47. The van der Waals surface area contributed by atoms with Crippen LogP contribution >= 0.6 is 0 Å². The normalized spacial score (nSPS) is 15.0. The highest BCUT2D eigenvalue weighted by molar-refractivity contribution is 5.84. The fourth-order valence-electron chi connectivity index (χ4n) is 4.01. The highest BCUT2D eigenvalue weighted by Crippen LogP contribution is 2.37. The Morgan fingerprint density at radius 2 is 1.79 bits per heavy atom. The molecule has 1 N–H and O–H groups in total. The number of aryl methyl sites for hydroxylation is 2. The predicted octanol–water partition coefficient (Wildman–Crippen LogP) is 3.20. The lowest BCUT2D eigenvalue weighted by atomic mass is 9.96. The molecule has 4 aromatic rings. The van der Waals surface area contributed by atoms with Crippen LogP contribution in [0, 0.1) is 13.8 Å². The second kappa shape index (κ2) is 6.63. The molecule has 1 aromatic carbocycles. The molecule has 0 radical (unpaired) electrons. The maximum atomic E-state index is 10.6. The van der Waals surface area contributed by atoms with E-state index in [1.54, 1.807) is 6.07 Å². The highest BCUT2D eigenvalue weighted by Gasteiger charge is 2.26. The molecular formula is C22H22N6O. The summed E-state index contributed by atoms with van der Waals surface area (Å²) in [4.78, 5) is 11.5. The number of phenols is 1. The molecule has 0 saturated carbocycles. The lowest BCUT2D eigenvalue weighted by Gasteiger charge is -2.35. The summed E-state index contributed by atoms with van der Waals surface area (Å²) in [5.74, 6) is 0.593. The van der Waals surface area contributed by atoms with Gasteiger partial charge < -0.3 is 14.4 Å². The number of likely N-dealkylation sites (N-methyl/N-ethyl adjacent to an activating group) is 1. The number of rotatable bonds is 3. The third-order valence-corrected chi connectivity index (χ3v) is 5.47. The molecule has 146 valence electrons. The number of hydrogen-bond acceptors (Lipinski definition) is 6. The van der Waals surface area contributed by atoms with Gasteiger partial charge in [-0.15, -0.1) is 0 Å². The molecule has 4 heterocycles. The summed E-state index contributed by atoms with van der Waals surface area (Å²) in [5.41, 5.74) is 6.44. The topological polar surface area (TPSA) is 79.4 Å². The minimum atomic E-state index is 0.161. The first-order chi connectivity index (χ1) is 14.0. The van der Waals surface area contributed by atoms with Crippen LogP contribution in [0.5, 0.6) is 5.75 Å². The Kier molecular flexibility index (Phi) is 4.06. The first kappa shape index (κ1) is 17.8. The maximum absolute atomic E-state index is 10.6. The fraction of sp³-hybridized carbons (Fsp3) is 0.273. The largest absolute Gasteiger partial charge is 0.507 e. The Morgan fingerprint density at radius 1 is 0.966 bits per heavy atom. The number of aromatic hydroxyl groups is 1. The SMILES string of the molecule is Cc1cn2cc(-c3cccc(O)c3-c3ccc(C4CN(C)C4)nn3)nc(C)c2n1. The Bertz CT molecular complexity index is 1210. The Morgan fingerprint density at radius 3 is 2.52 bits per heavy atom. The van der Waals surface area contributed by atoms with Crippen LogP contribution in [-0.2, 0) is 0 Å². The fourth-order valence-corrected chi connectivity index (χ4v) is 4.01. The number of benzene rings is 1. The van der Waals surface area contributed by atoms with Gasteiger partial charge >= 0.3 is 0 Å². The number of nitrogens with zero attached hydrogens (tertiary/aromatic N) is 6. The molecule has 0 unspecified atom stereocenters. The average Bonchev–Trinajstić information content (AvgIpc) is 3.06. The number of fused-ring (bicyclic) bond motifs is 1. The van der Waals surface area contributed by atoms with Crippen molar-refractivity contribution >= 4 is 5.65 Å². The smallest absolute Gasteiger partial charge is 0.158 e. The van der Waals surface area contributed by atoms with E-state index in [-0.39, 0.29) is 5.75 Å². The lowest BCUT2D eigenvalue weighted by molar-refractivity contribution is 0.186. The van der Waals surface area contributed by atoms with Crippen molar-refractivity contribution in [3.05, 3.63) is 59.8 Å². The van der Waals surface area contributed by atoms with Gasteiger partial charge in [0.15, 0.2) is 5.65 Å². The summed E-state index contributed by atoms with van der Waals surface area (Å²) in [7, 11) is 2.10. The first-order valence-electron chi connectivity index (χ1n) is 9.67. The van der Waals surface area contributed by atoms with E-state index in [0.29, 0.717) is 17.2 Å².